The second-order valence-electron chi connectivity index (χ2n) is 6.28. The van der Waals surface area contributed by atoms with Crippen LogP contribution in [-0.4, -0.2) is 75.0 Å². The molecule has 6 nitrogen and oxygen atoms in total. The molecule has 0 bridgehead atoms. The van der Waals surface area contributed by atoms with E-state index in [9.17, 15) is 4.79 Å². The number of para-hydroxylation sites is 1. The van der Waals surface area contributed by atoms with Crippen LogP contribution in [0.25, 0.3) is 0 Å². The Morgan fingerprint density at radius 1 is 1.24 bits per heavy atom. The van der Waals surface area contributed by atoms with Crippen LogP contribution in [0.5, 0.6) is 0 Å². The van der Waals surface area contributed by atoms with E-state index in [4.69, 9.17) is 11.6 Å². The van der Waals surface area contributed by atoms with Crippen molar-refractivity contribution >= 4 is 29.2 Å². The summed E-state index contributed by atoms with van der Waals surface area (Å²) in [7, 11) is 3.50. The Bertz CT molecular complexity index is 597. The van der Waals surface area contributed by atoms with Gasteiger partial charge in [-0.3, -0.25) is 4.79 Å². The Morgan fingerprint density at radius 3 is 2.52 bits per heavy atom. The molecule has 1 aliphatic rings. The third-order valence-electron chi connectivity index (χ3n) is 4.17. The van der Waals surface area contributed by atoms with Crippen molar-refractivity contribution < 1.29 is 4.79 Å². The van der Waals surface area contributed by atoms with Crippen LogP contribution >= 0.6 is 11.6 Å². The maximum absolute atomic E-state index is 11.8. The molecule has 2 rings (SSSR count). The molecular formula is C18H28ClN5O. The van der Waals surface area contributed by atoms with E-state index >= 15 is 0 Å². The highest BCUT2D eigenvalue weighted by molar-refractivity contribution is 6.33. The minimum Gasteiger partial charge on any atom is -0.367 e. The van der Waals surface area contributed by atoms with Crippen molar-refractivity contribution in [3.8, 4) is 0 Å². The van der Waals surface area contributed by atoms with Crippen molar-refractivity contribution in [2.45, 2.75) is 13.3 Å². The van der Waals surface area contributed by atoms with Crippen LogP contribution in [-0.2, 0) is 4.79 Å². The molecule has 1 fully saturated rings. The van der Waals surface area contributed by atoms with Gasteiger partial charge in [-0.05, 0) is 18.6 Å². The van der Waals surface area contributed by atoms with Gasteiger partial charge in [-0.2, -0.15) is 0 Å². The standard InChI is InChI=1S/C18H28ClN5O/c1-4-9-20-18(21-14-17(25)22(2)3)24-12-10-23(11-13-24)16-8-6-5-7-15(16)19/h5-8H,4,9-14H2,1-3H3,(H,20,21). The monoisotopic (exact) mass is 365 g/mol. The Kier molecular flexibility index (Phi) is 7.37. The van der Waals surface area contributed by atoms with Crippen LogP contribution in [0.4, 0.5) is 5.69 Å². The van der Waals surface area contributed by atoms with Crippen LogP contribution < -0.4 is 10.2 Å². The highest BCUT2D eigenvalue weighted by atomic mass is 35.5. The molecule has 1 aliphatic heterocycles. The first kappa shape index (κ1) is 19.4. The van der Waals surface area contributed by atoms with E-state index in [1.54, 1.807) is 19.0 Å². The van der Waals surface area contributed by atoms with Gasteiger partial charge >= 0.3 is 0 Å². The van der Waals surface area contributed by atoms with Gasteiger partial charge in [-0.25, -0.2) is 4.99 Å². The molecule has 0 radical (unpaired) electrons. The molecule has 1 N–H and O–H groups in total. The molecule has 0 aromatic heterocycles. The van der Waals surface area contributed by atoms with E-state index < -0.39 is 0 Å². The lowest BCUT2D eigenvalue weighted by molar-refractivity contribution is -0.127. The van der Waals surface area contributed by atoms with Crippen molar-refractivity contribution in [3.63, 3.8) is 0 Å². The number of aliphatic imine (C=N–C) groups is 1. The van der Waals surface area contributed by atoms with E-state index in [1.165, 1.54) is 0 Å². The second kappa shape index (κ2) is 9.51. The molecule has 1 aromatic rings. The molecule has 0 saturated carbocycles. The zero-order valence-corrected chi connectivity index (χ0v) is 16.1. The molecule has 1 saturated heterocycles. The van der Waals surface area contributed by atoms with E-state index in [1.807, 2.05) is 18.2 Å². The maximum Gasteiger partial charge on any atom is 0.243 e. The largest absolute Gasteiger partial charge is 0.367 e. The van der Waals surface area contributed by atoms with Gasteiger partial charge < -0.3 is 20.0 Å². The number of benzene rings is 1. The maximum atomic E-state index is 11.8. The minimum atomic E-state index is 0.00509. The van der Waals surface area contributed by atoms with Gasteiger partial charge in [0.25, 0.3) is 0 Å². The van der Waals surface area contributed by atoms with Crippen LogP contribution in [0.15, 0.2) is 29.3 Å². The molecule has 25 heavy (non-hydrogen) atoms. The van der Waals surface area contributed by atoms with Gasteiger partial charge in [0.05, 0.1) is 10.7 Å². The van der Waals surface area contributed by atoms with E-state index in [2.05, 4.69) is 33.1 Å². The number of guanidine groups is 1. The third kappa shape index (κ3) is 5.53. The average Bonchev–Trinajstić information content (AvgIpc) is 2.62. The Labute approximate surface area is 155 Å². The lowest BCUT2D eigenvalue weighted by atomic mass is 10.2. The number of piperazine rings is 1. The average molecular weight is 366 g/mol. The number of carbonyl (C=O) groups is 1. The first-order chi connectivity index (χ1) is 12.0. The number of hydrogen-bond acceptors (Lipinski definition) is 3. The topological polar surface area (TPSA) is 51.2 Å². The summed E-state index contributed by atoms with van der Waals surface area (Å²) in [5.41, 5.74) is 1.08. The molecule has 1 heterocycles. The summed E-state index contributed by atoms with van der Waals surface area (Å²) in [5.74, 6) is 0.821. The summed E-state index contributed by atoms with van der Waals surface area (Å²) in [4.78, 5) is 22.4. The zero-order chi connectivity index (χ0) is 18.2. The SMILES string of the molecule is CCCNC(=NCC(=O)N(C)C)N1CCN(c2ccccc2Cl)CC1. The van der Waals surface area contributed by atoms with Crippen LogP contribution in [0.1, 0.15) is 13.3 Å². The van der Waals surface area contributed by atoms with Crippen molar-refractivity contribution in [2.24, 2.45) is 4.99 Å². The lowest BCUT2D eigenvalue weighted by Gasteiger charge is -2.38. The number of halogens is 1. The van der Waals surface area contributed by atoms with Gasteiger partial charge in [-0.15, -0.1) is 0 Å². The van der Waals surface area contributed by atoms with Crippen molar-refractivity contribution in [1.82, 2.24) is 15.1 Å². The first-order valence-corrected chi connectivity index (χ1v) is 9.13. The molecule has 138 valence electrons. The fourth-order valence-electron chi connectivity index (χ4n) is 2.66. The molecular weight excluding hydrogens is 338 g/mol. The molecule has 1 amide bonds. The number of nitrogens with zero attached hydrogens (tertiary/aromatic N) is 4. The fourth-order valence-corrected chi connectivity index (χ4v) is 2.91. The second-order valence-corrected chi connectivity index (χ2v) is 6.69. The molecule has 0 aliphatic carbocycles. The smallest absolute Gasteiger partial charge is 0.243 e. The number of anilines is 1. The summed E-state index contributed by atoms with van der Waals surface area (Å²) < 4.78 is 0. The number of carbonyl (C=O) groups excluding carboxylic acids is 1. The van der Waals surface area contributed by atoms with Crippen molar-refractivity contribution in [2.75, 3.05) is 58.3 Å². The number of amides is 1. The quantitative estimate of drug-likeness (QED) is 0.639. The molecule has 7 heteroatoms. The van der Waals surface area contributed by atoms with Gasteiger partial charge in [0.2, 0.25) is 5.91 Å². The highest BCUT2D eigenvalue weighted by Crippen LogP contribution is 2.25. The van der Waals surface area contributed by atoms with Gasteiger partial charge in [0.15, 0.2) is 5.96 Å². The Balaban J connectivity index is 1.99. The van der Waals surface area contributed by atoms with Crippen LogP contribution in [0.3, 0.4) is 0 Å². The lowest BCUT2D eigenvalue weighted by Crippen LogP contribution is -2.53. The van der Waals surface area contributed by atoms with Crippen molar-refractivity contribution in [3.05, 3.63) is 29.3 Å². The van der Waals surface area contributed by atoms with Gasteiger partial charge in [-0.1, -0.05) is 30.7 Å². The Morgan fingerprint density at radius 2 is 1.92 bits per heavy atom. The van der Waals surface area contributed by atoms with Crippen LogP contribution in [0, 0.1) is 0 Å². The fraction of sp³-hybridized carbons (Fsp3) is 0.556. The molecule has 1 aromatic carbocycles. The Hall–Kier alpha value is -1.95. The molecule has 0 unspecified atom stereocenters. The van der Waals surface area contributed by atoms with Crippen molar-refractivity contribution in [1.29, 1.82) is 0 Å². The minimum absolute atomic E-state index is 0.00509. The van der Waals surface area contributed by atoms with E-state index in [0.717, 1.165) is 55.8 Å². The van der Waals surface area contributed by atoms with E-state index in [-0.39, 0.29) is 12.5 Å². The molecule has 0 atom stereocenters. The van der Waals surface area contributed by atoms with Gasteiger partial charge in [0, 0.05) is 46.8 Å². The number of rotatable bonds is 5. The number of nitrogens with one attached hydrogen (secondary N) is 1. The van der Waals surface area contributed by atoms with Crippen LogP contribution in [0.2, 0.25) is 5.02 Å². The normalized spacial score (nSPS) is 15.3. The summed E-state index contributed by atoms with van der Waals surface area (Å²) in [6.07, 6.45) is 1.01. The highest BCUT2D eigenvalue weighted by Gasteiger charge is 2.21. The van der Waals surface area contributed by atoms with E-state index in [0.29, 0.717) is 0 Å². The predicted octanol–water partition coefficient (Wildman–Crippen LogP) is 1.91. The summed E-state index contributed by atoms with van der Waals surface area (Å²) in [5, 5.41) is 4.14. The summed E-state index contributed by atoms with van der Waals surface area (Å²) in [6.45, 7) is 6.57. The number of likely N-dealkylation sites (N-methyl/N-ethyl adjacent to an activating group) is 1. The number of hydrogen-bond donors (Lipinski definition) is 1. The molecule has 0 spiro atoms. The zero-order valence-electron chi connectivity index (χ0n) is 15.3. The summed E-state index contributed by atoms with van der Waals surface area (Å²) in [6, 6.07) is 7.93. The predicted molar refractivity (Wildman–Crippen MR) is 105 cm³/mol. The van der Waals surface area contributed by atoms with Gasteiger partial charge in [0.1, 0.15) is 6.54 Å². The summed E-state index contributed by atoms with van der Waals surface area (Å²) >= 11 is 6.31. The first-order valence-electron chi connectivity index (χ1n) is 8.75. The third-order valence-corrected chi connectivity index (χ3v) is 4.49.